The summed E-state index contributed by atoms with van der Waals surface area (Å²) in [5.74, 6) is -0.622. The number of rotatable bonds is 52. The highest BCUT2D eigenvalue weighted by molar-refractivity contribution is 7.45. The van der Waals surface area contributed by atoms with E-state index in [1.807, 2.05) is 39.4 Å². The van der Waals surface area contributed by atoms with Gasteiger partial charge in [0, 0.05) is 12.8 Å². The lowest BCUT2D eigenvalue weighted by Gasteiger charge is -2.30. The summed E-state index contributed by atoms with van der Waals surface area (Å²) >= 11 is 0. The number of amides is 1. The Morgan fingerprint density at radius 3 is 1.34 bits per heavy atom. The van der Waals surface area contributed by atoms with E-state index in [-0.39, 0.29) is 18.9 Å². The Hall–Kier alpha value is -2.29. The van der Waals surface area contributed by atoms with Gasteiger partial charge in [0.2, 0.25) is 5.91 Å². The standard InChI is InChI=1S/C60H111N2O7P/c1-7-10-13-16-19-22-25-28-29-30-31-32-33-35-37-40-43-46-49-52-59(63)61-57(56-68-70(65,66)67-55-54-62(4,5)6)58(51-48-45-42-39-36-27-24-21-18-15-12-9-3)69-60(64)53-50-47-44-41-38-34-26-23-20-17-14-11-8-2/h19,22,28-29,34,38,44,47-48,51,57-58H,7-18,20-21,23-27,30-33,35-37,39-43,45-46,49-50,52-56H2,1-6H3,(H-,61,63,65,66)/b22-19-,29-28-,38-34-,47-44+,51-48-. The molecule has 0 bridgehead atoms. The fourth-order valence-corrected chi connectivity index (χ4v) is 8.86. The summed E-state index contributed by atoms with van der Waals surface area (Å²) in [5, 5.41) is 3.00. The van der Waals surface area contributed by atoms with Crippen LogP contribution in [0.2, 0.25) is 0 Å². The molecule has 0 heterocycles. The number of allylic oxidation sites excluding steroid dienone is 9. The number of likely N-dealkylation sites (N-methyl/N-ethyl adjacent to an activating group) is 1. The summed E-state index contributed by atoms with van der Waals surface area (Å²) in [6.07, 6.45) is 62.0. The van der Waals surface area contributed by atoms with Crippen molar-refractivity contribution in [2.45, 2.75) is 270 Å². The molecule has 0 saturated carbocycles. The minimum Gasteiger partial charge on any atom is -0.756 e. The van der Waals surface area contributed by atoms with E-state index in [0.29, 0.717) is 23.9 Å². The highest BCUT2D eigenvalue weighted by atomic mass is 31.2. The second kappa shape index (κ2) is 50.3. The Labute approximate surface area is 432 Å². The van der Waals surface area contributed by atoms with Crippen LogP contribution in [0.1, 0.15) is 258 Å². The third kappa shape index (κ3) is 50.6. The topological polar surface area (TPSA) is 114 Å². The third-order valence-electron chi connectivity index (χ3n) is 12.7. The Morgan fingerprint density at radius 2 is 0.886 bits per heavy atom. The van der Waals surface area contributed by atoms with Gasteiger partial charge in [-0.05, 0) is 83.1 Å². The van der Waals surface area contributed by atoms with Crippen LogP contribution in [0.3, 0.4) is 0 Å². The lowest BCUT2D eigenvalue weighted by Crippen LogP contribution is -2.47. The van der Waals surface area contributed by atoms with Gasteiger partial charge in [-0.3, -0.25) is 14.2 Å². The first-order valence-corrected chi connectivity index (χ1v) is 30.6. The molecule has 1 N–H and O–H groups in total. The molecule has 9 nitrogen and oxygen atoms in total. The van der Waals surface area contributed by atoms with Crippen LogP contribution in [0.5, 0.6) is 0 Å². The molecule has 70 heavy (non-hydrogen) atoms. The summed E-state index contributed by atoms with van der Waals surface area (Å²) in [4.78, 5) is 39.8. The number of phosphoric acid groups is 1. The monoisotopic (exact) mass is 1000 g/mol. The van der Waals surface area contributed by atoms with E-state index < -0.39 is 32.5 Å². The van der Waals surface area contributed by atoms with E-state index >= 15 is 0 Å². The fraction of sp³-hybridized carbons (Fsp3) is 0.800. The summed E-state index contributed by atoms with van der Waals surface area (Å²) < 4.78 is 30.2. The fourth-order valence-electron chi connectivity index (χ4n) is 8.13. The van der Waals surface area contributed by atoms with Crippen molar-refractivity contribution >= 4 is 19.7 Å². The molecular weight excluding hydrogens is 892 g/mol. The summed E-state index contributed by atoms with van der Waals surface area (Å²) in [7, 11) is 1.15. The molecule has 0 aromatic rings. The first-order valence-electron chi connectivity index (χ1n) is 29.1. The van der Waals surface area contributed by atoms with Gasteiger partial charge >= 0.3 is 5.97 Å². The maximum Gasteiger partial charge on any atom is 0.306 e. The number of hydrogen-bond donors (Lipinski definition) is 1. The molecule has 3 unspecified atom stereocenters. The molecule has 408 valence electrons. The van der Waals surface area contributed by atoms with Crippen molar-refractivity contribution < 1.29 is 37.3 Å². The van der Waals surface area contributed by atoms with Crippen molar-refractivity contribution in [1.29, 1.82) is 0 Å². The molecular formula is C60H111N2O7P. The van der Waals surface area contributed by atoms with Crippen molar-refractivity contribution in [1.82, 2.24) is 5.32 Å². The molecule has 0 aromatic carbocycles. The molecule has 10 heteroatoms. The minimum atomic E-state index is -4.71. The number of phosphoric ester groups is 1. The SMILES string of the molecule is CCCCC/C=C\C/C=C\CCCCCCCCCCCC(=O)NC(COP(=O)([O-])OCC[N+](C)(C)C)C(/C=C\CCCCCCCCCCCC)OC(=O)CC/C=C/C/C=C\CCCCCCCC. The van der Waals surface area contributed by atoms with Crippen LogP contribution in [0.25, 0.3) is 0 Å². The van der Waals surface area contributed by atoms with Gasteiger partial charge < -0.3 is 28.5 Å². The molecule has 0 aliphatic heterocycles. The third-order valence-corrected chi connectivity index (χ3v) is 13.6. The highest BCUT2D eigenvalue weighted by Crippen LogP contribution is 2.38. The molecule has 1 amide bonds. The summed E-state index contributed by atoms with van der Waals surface area (Å²) in [6.45, 7) is 6.77. The zero-order valence-corrected chi connectivity index (χ0v) is 47.4. The number of quaternary nitrogens is 1. The lowest BCUT2D eigenvalue weighted by atomic mass is 10.0. The molecule has 0 radical (unpaired) electrons. The molecule has 3 atom stereocenters. The second-order valence-corrected chi connectivity index (χ2v) is 22.2. The van der Waals surface area contributed by atoms with Crippen LogP contribution in [-0.4, -0.2) is 69.4 Å². The first-order chi connectivity index (χ1) is 33.9. The molecule has 0 aliphatic rings. The molecule has 0 rings (SSSR count). The van der Waals surface area contributed by atoms with Crippen molar-refractivity contribution in [3.63, 3.8) is 0 Å². The predicted molar refractivity (Wildman–Crippen MR) is 298 cm³/mol. The number of ether oxygens (including phenoxy) is 1. The number of hydrogen-bond acceptors (Lipinski definition) is 7. The van der Waals surface area contributed by atoms with Crippen LogP contribution in [0.4, 0.5) is 0 Å². The van der Waals surface area contributed by atoms with Gasteiger partial charge in [0.05, 0.1) is 33.8 Å². The zero-order valence-electron chi connectivity index (χ0n) is 46.5. The van der Waals surface area contributed by atoms with Crippen LogP contribution < -0.4 is 10.2 Å². The maximum absolute atomic E-state index is 13.5. The molecule has 0 aliphatic carbocycles. The number of nitrogens with zero attached hydrogens (tertiary/aromatic N) is 1. The van der Waals surface area contributed by atoms with Crippen molar-refractivity contribution in [3.8, 4) is 0 Å². The van der Waals surface area contributed by atoms with Gasteiger partial charge in [-0.2, -0.15) is 0 Å². The number of carbonyl (C=O) groups is 2. The summed E-state index contributed by atoms with van der Waals surface area (Å²) in [5.41, 5.74) is 0. The molecule has 0 saturated heterocycles. The van der Waals surface area contributed by atoms with E-state index in [1.165, 1.54) is 148 Å². The molecule has 0 fully saturated rings. The predicted octanol–water partition coefficient (Wildman–Crippen LogP) is 16.9. The quantitative estimate of drug-likeness (QED) is 0.0212. The van der Waals surface area contributed by atoms with E-state index in [2.05, 4.69) is 68.6 Å². The average molecular weight is 1000 g/mol. The van der Waals surface area contributed by atoms with Crippen LogP contribution in [-0.2, 0) is 27.9 Å². The number of unbranched alkanes of at least 4 members (excludes halogenated alkanes) is 28. The van der Waals surface area contributed by atoms with Gasteiger partial charge in [-0.15, -0.1) is 0 Å². The number of carbonyl (C=O) groups excluding carboxylic acids is 2. The largest absolute Gasteiger partial charge is 0.756 e. The van der Waals surface area contributed by atoms with Crippen molar-refractivity contribution in [2.75, 3.05) is 40.9 Å². The van der Waals surface area contributed by atoms with Gasteiger partial charge in [0.1, 0.15) is 19.3 Å². The minimum absolute atomic E-state index is 0.0317. The van der Waals surface area contributed by atoms with Gasteiger partial charge in [0.15, 0.2) is 0 Å². The van der Waals surface area contributed by atoms with Crippen LogP contribution >= 0.6 is 7.82 Å². The van der Waals surface area contributed by atoms with E-state index in [1.54, 1.807) is 0 Å². The first kappa shape index (κ1) is 67.7. The molecule has 0 spiro atoms. The maximum atomic E-state index is 13.5. The van der Waals surface area contributed by atoms with E-state index in [4.69, 9.17) is 13.8 Å². The average Bonchev–Trinajstić information content (AvgIpc) is 3.32. The number of esters is 1. The van der Waals surface area contributed by atoms with Crippen LogP contribution in [0, 0.1) is 0 Å². The van der Waals surface area contributed by atoms with Gasteiger partial charge in [0.25, 0.3) is 7.82 Å². The van der Waals surface area contributed by atoms with Crippen LogP contribution in [0.15, 0.2) is 60.8 Å². The Morgan fingerprint density at radius 1 is 0.500 bits per heavy atom. The van der Waals surface area contributed by atoms with Gasteiger partial charge in [-0.1, -0.05) is 223 Å². The second-order valence-electron chi connectivity index (χ2n) is 20.8. The number of nitrogens with one attached hydrogen (secondary N) is 1. The lowest BCUT2D eigenvalue weighted by molar-refractivity contribution is -0.870. The Bertz CT molecular complexity index is 1390. The van der Waals surface area contributed by atoms with Crippen molar-refractivity contribution in [2.24, 2.45) is 0 Å². The van der Waals surface area contributed by atoms with E-state index in [0.717, 1.165) is 70.6 Å². The Kier molecular flexibility index (Phi) is 48.6. The normalized spacial score (nSPS) is 14.2. The Balaban J connectivity index is 5.36. The molecule has 0 aromatic heterocycles. The zero-order chi connectivity index (χ0) is 51.5. The van der Waals surface area contributed by atoms with E-state index in [9.17, 15) is 19.0 Å². The smallest absolute Gasteiger partial charge is 0.306 e. The van der Waals surface area contributed by atoms with Gasteiger partial charge in [-0.25, -0.2) is 0 Å². The summed E-state index contributed by atoms with van der Waals surface area (Å²) in [6, 6.07) is -0.912. The van der Waals surface area contributed by atoms with Crippen molar-refractivity contribution in [3.05, 3.63) is 60.8 Å². The highest BCUT2D eigenvalue weighted by Gasteiger charge is 2.27.